The van der Waals surface area contributed by atoms with E-state index in [4.69, 9.17) is 4.74 Å². The minimum absolute atomic E-state index is 0.0301. The molecule has 7 nitrogen and oxygen atoms in total. The van der Waals surface area contributed by atoms with Gasteiger partial charge in [-0.1, -0.05) is 13.8 Å². The predicted octanol–water partition coefficient (Wildman–Crippen LogP) is 2.38. The first kappa shape index (κ1) is 19.3. The summed E-state index contributed by atoms with van der Waals surface area (Å²) in [5.41, 5.74) is 0.973. The maximum Gasteiger partial charge on any atom is 0.272 e. The van der Waals surface area contributed by atoms with Gasteiger partial charge >= 0.3 is 0 Å². The molecule has 0 saturated carbocycles. The van der Waals surface area contributed by atoms with Crippen LogP contribution in [-0.4, -0.2) is 54.6 Å². The molecule has 2 rings (SSSR count). The lowest BCUT2D eigenvalue weighted by molar-refractivity contribution is -0.385. The van der Waals surface area contributed by atoms with Crippen molar-refractivity contribution in [3.8, 4) is 0 Å². The molecule has 1 fully saturated rings. The number of nitrogens with one attached hydrogen (secondary N) is 1. The lowest BCUT2D eigenvalue weighted by Gasteiger charge is -2.35. The summed E-state index contributed by atoms with van der Waals surface area (Å²) in [4.78, 5) is 25.2. The number of ether oxygens (including phenoxy) is 1. The van der Waals surface area contributed by atoms with E-state index in [2.05, 4.69) is 24.1 Å². The molecule has 1 aliphatic rings. The van der Waals surface area contributed by atoms with Gasteiger partial charge in [0.25, 0.3) is 11.6 Å². The fourth-order valence-electron chi connectivity index (χ4n) is 3.16. The van der Waals surface area contributed by atoms with E-state index >= 15 is 0 Å². The Balaban J connectivity index is 2.00. The van der Waals surface area contributed by atoms with Crippen molar-refractivity contribution in [3.63, 3.8) is 0 Å². The number of hydrogen-bond donors (Lipinski definition) is 1. The first-order valence-electron chi connectivity index (χ1n) is 8.73. The third-order valence-corrected chi connectivity index (χ3v) is 4.46. The predicted molar refractivity (Wildman–Crippen MR) is 95.8 cm³/mol. The molecule has 1 saturated heterocycles. The highest BCUT2D eigenvalue weighted by Crippen LogP contribution is 2.19. The largest absolute Gasteiger partial charge is 0.379 e. The maximum atomic E-state index is 12.4. The van der Waals surface area contributed by atoms with E-state index in [1.54, 1.807) is 13.0 Å². The van der Waals surface area contributed by atoms with Crippen LogP contribution in [-0.2, 0) is 4.74 Å². The van der Waals surface area contributed by atoms with Crippen molar-refractivity contribution in [1.29, 1.82) is 0 Å². The number of aryl methyl sites for hydroxylation is 1. The first-order valence-corrected chi connectivity index (χ1v) is 8.73. The average molecular weight is 349 g/mol. The summed E-state index contributed by atoms with van der Waals surface area (Å²) >= 11 is 0. The highest BCUT2D eigenvalue weighted by Gasteiger charge is 2.23. The highest BCUT2D eigenvalue weighted by atomic mass is 16.6. The Morgan fingerprint density at radius 1 is 1.36 bits per heavy atom. The Labute approximate surface area is 148 Å². The van der Waals surface area contributed by atoms with Gasteiger partial charge in [0, 0.05) is 42.9 Å². The van der Waals surface area contributed by atoms with Gasteiger partial charge in [-0.15, -0.1) is 0 Å². The summed E-state index contributed by atoms with van der Waals surface area (Å²) in [5.74, 6) is 0.339. The van der Waals surface area contributed by atoms with Gasteiger partial charge in [-0.05, 0) is 31.4 Å². The molecule has 1 atom stereocenters. The standard InChI is InChI=1S/C18H27N3O4/c1-13(2)10-16(20-6-8-25-9-7-20)12-19-18(22)15-4-5-17(21(23)24)14(3)11-15/h4-5,11,13,16H,6-10,12H2,1-3H3,(H,19,22). The number of carbonyl (C=O) groups is 1. The SMILES string of the molecule is Cc1cc(C(=O)NCC(CC(C)C)N2CCOCC2)ccc1[N+](=O)[O-]. The van der Waals surface area contributed by atoms with Crippen molar-refractivity contribution in [3.05, 3.63) is 39.4 Å². The van der Waals surface area contributed by atoms with Crippen molar-refractivity contribution in [1.82, 2.24) is 10.2 Å². The molecule has 25 heavy (non-hydrogen) atoms. The van der Waals surface area contributed by atoms with Crippen LogP contribution in [0.25, 0.3) is 0 Å². The number of rotatable bonds is 7. The topological polar surface area (TPSA) is 84.7 Å². The van der Waals surface area contributed by atoms with Crippen LogP contribution in [0.15, 0.2) is 18.2 Å². The number of carbonyl (C=O) groups excluding carboxylic acids is 1. The molecule has 1 N–H and O–H groups in total. The molecule has 138 valence electrons. The minimum atomic E-state index is -0.436. The normalized spacial score (nSPS) is 16.6. The van der Waals surface area contributed by atoms with Gasteiger partial charge in [-0.3, -0.25) is 19.8 Å². The quantitative estimate of drug-likeness (QED) is 0.603. The van der Waals surface area contributed by atoms with Crippen LogP contribution in [0.5, 0.6) is 0 Å². The number of nitrogens with zero attached hydrogens (tertiary/aromatic N) is 2. The zero-order valence-electron chi connectivity index (χ0n) is 15.2. The van der Waals surface area contributed by atoms with Crippen LogP contribution in [0.3, 0.4) is 0 Å². The highest BCUT2D eigenvalue weighted by molar-refractivity contribution is 5.94. The van der Waals surface area contributed by atoms with Gasteiger partial charge in [0.05, 0.1) is 18.1 Å². The molecule has 1 aromatic carbocycles. The molecule has 0 aliphatic carbocycles. The number of hydrogen-bond acceptors (Lipinski definition) is 5. The molecule has 0 bridgehead atoms. The summed E-state index contributed by atoms with van der Waals surface area (Å²) in [7, 11) is 0. The summed E-state index contributed by atoms with van der Waals surface area (Å²) < 4.78 is 5.41. The van der Waals surface area contributed by atoms with Crippen LogP contribution in [0.1, 0.15) is 36.2 Å². The van der Waals surface area contributed by atoms with E-state index in [0.29, 0.717) is 23.6 Å². The summed E-state index contributed by atoms with van der Waals surface area (Å²) in [6.07, 6.45) is 1.000. The van der Waals surface area contributed by atoms with E-state index < -0.39 is 4.92 Å². The lowest BCUT2D eigenvalue weighted by atomic mass is 10.0. The molecule has 1 amide bonds. The van der Waals surface area contributed by atoms with Crippen LogP contribution < -0.4 is 5.32 Å². The zero-order valence-corrected chi connectivity index (χ0v) is 15.2. The van der Waals surface area contributed by atoms with Gasteiger partial charge in [-0.25, -0.2) is 0 Å². The Kier molecular flexibility index (Phi) is 6.90. The Morgan fingerprint density at radius 2 is 2.04 bits per heavy atom. The fraction of sp³-hybridized carbons (Fsp3) is 0.611. The summed E-state index contributed by atoms with van der Waals surface area (Å²) in [5, 5.41) is 13.9. The summed E-state index contributed by atoms with van der Waals surface area (Å²) in [6.45, 7) is 9.77. The molecular weight excluding hydrogens is 322 g/mol. The Bertz CT molecular complexity index is 612. The van der Waals surface area contributed by atoms with Crippen molar-refractivity contribution in [2.24, 2.45) is 5.92 Å². The number of morpholine rings is 1. The zero-order chi connectivity index (χ0) is 18.4. The lowest BCUT2D eigenvalue weighted by Crippen LogP contribution is -2.49. The maximum absolute atomic E-state index is 12.4. The van der Waals surface area contributed by atoms with Gasteiger partial charge in [-0.2, -0.15) is 0 Å². The second-order valence-corrected chi connectivity index (χ2v) is 6.90. The third kappa shape index (κ3) is 5.51. The number of nitro benzene ring substituents is 1. The molecule has 0 spiro atoms. The number of benzene rings is 1. The smallest absolute Gasteiger partial charge is 0.272 e. The van der Waals surface area contributed by atoms with E-state index in [0.717, 1.165) is 32.7 Å². The summed E-state index contributed by atoms with van der Waals surface area (Å²) in [6, 6.07) is 4.73. The molecule has 1 heterocycles. The Morgan fingerprint density at radius 3 is 2.60 bits per heavy atom. The van der Waals surface area contributed by atoms with E-state index in [9.17, 15) is 14.9 Å². The van der Waals surface area contributed by atoms with Crippen molar-refractivity contribution in [2.45, 2.75) is 33.2 Å². The Hall–Kier alpha value is -1.99. The molecule has 1 aliphatic heterocycles. The van der Waals surface area contributed by atoms with E-state index in [1.165, 1.54) is 12.1 Å². The van der Waals surface area contributed by atoms with Crippen molar-refractivity contribution >= 4 is 11.6 Å². The molecule has 0 radical (unpaired) electrons. The second-order valence-electron chi connectivity index (χ2n) is 6.90. The molecule has 7 heteroatoms. The van der Waals surface area contributed by atoms with Gasteiger partial charge in [0.1, 0.15) is 0 Å². The van der Waals surface area contributed by atoms with Crippen molar-refractivity contribution < 1.29 is 14.5 Å². The molecule has 1 unspecified atom stereocenters. The van der Waals surface area contributed by atoms with Crippen molar-refractivity contribution in [2.75, 3.05) is 32.8 Å². The van der Waals surface area contributed by atoms with Gasteiger partial charge in [0.2, 0.25) is 0 Å². The van der Waals surface area contributed by atoms with Crippen LogP contribution in [0, 0.1) is 23.0 Å². The first-order chi connectivity index (χ1) is 11.9. The van der Waals surface area contributed by atoms with Crippen LogP contribution in [0.4, 0.5) is 5.69 Å². The van der Waals surface area contributed by atoms with Gasteiger partial charge < -0.3 is 10.1 Å². The second kappa shape index (κ2) is 8.92. The van der Waals surface area contributed by atoms with E-state index in [-0.39, 0.29) is 17.6 Å². The average Bonchev–Trinajstić information content (AvgIpc) is 2.58. The van der Waals surface area contributed by atoms with Crippen LogP contribution in [0.2, 0.25) is 0 Å². The fourth-order valence-corrected chi connectivity index (χ4v) is 3.16. The molecule has 0 aromatic heterocycles. The monoisotopic (exact) mass is 349 g/mol. The third-order valence-electron chi connectivity index (χ3n) is 4.46. The minimum Gasteiger partial charge on any atom is -0.379 e. The van der Waals surface area contributed by atoms with E-state index in [1.807, 2.05) is 0 Å². The number of nitro groups is 1. The van der Waals surface area contributed by atoms with Crippen LogP contribution >= 0.6 is 0 Å². The number of amides is 1. The van der Waals surface area contributed by atoms with Gasteiger partial charge in [0.15, 0.2) is 0 Å². The molecular formula is C18H27N3O4. The molecule has 1 aromatic rings.